The number of hydrogen-bond acceptors (Lipinski definition) is 6. The lowest BCUT2D eigenvalue weighted by Gasteiger charge is -2.24. The van der Waals surface area contributed by atoms with Crippen molar-refractivity contribution in [2.75, 3.05) is 20.0 Å². The van der Waals surface area contributed by atoms with Gasteiger partial charge in [0.1, 0.15) is 5.37 Å². The zero-order valence-corrected chi connectivity index (χ0v) is 21.4. The van der Waals surface area contributed by atoms with Crippen molar-refractivity contribution in [3.8, 4) is 11.5 Å². The Morgan fingerprint density at radius 3 is 2.36 bits per heavy atom. The predicted octanol–water partition coefficient (Wildman–Crippen LogP) is 5.02. The van der Waals surface area contributed by atoms with Crippen LogP contribution in [0.1, 0.15) is 45.8 Å². The highest BCUT2D eigenvalue weighted by Gasteiger charge is 2.32. The van der Waals surface area contributed by atoms with E-state index in [1.54, 1.807) is 38.1 Å². The van der Waals surface area contributed by atoms with Gasteiger partial charge in [-0.15, -0.1) is 11.8 Å². The molecule has 1 heterocycles. The minimum atomic E-state index is -0.302. The number of nitrogens with one attached hydrogen (secondary N) is 1. The van der Waals surface area contributed by atoms with E-state index in [0.29, 0.717) is 35.8 Å². The van der Waals surface area contributed by atoms with Crippen LogP contribution in [0.4, 0.5) is 0 Å². The van der Waals surface area contributed by atoms with E-state index in [1.807, 2.05) is 72.5 Å². The Kier molecular flexibility index (Phi) is 8.28. The summed E-state index contributed by atoms with van der Waals surface area (Å²) in [5.41, 5.74) is 6.79. The molecule has 36 heavy (non-hydrogen) atoms. The molecule has 1 N–H and O–H groups in total. The lowest BCUT2D eigenvalue weighted by molar-refractivity contribution is -0.128. The van der Waals surface area contributed by atoms with Gasteiger partial charge < -0.3 is 14.4 Å². The molecule has 1 fully saturated rings. The molecule has 1 aliphatic heterocycles. The Morgan fingerprint density at radius 2 is 1.69 bits per heavy atom. The van der Waals surface area contributed by atoms with Gasteiger partial charge in [-0.1, -0.05) is 49.4 Å². The molecule has 0 saturated carbocycles. The van der Waals surface area contributed by atoms with E-state index in [4.69, 9.17) is 9.47 Å². The van der Waals surface area contributed by atoms with Crippen LogP contribution in [0.25, 0.3) is 0 Å². The minimum Gasteiger partial charge on any atom is -0.493 e. The first-order valence-corrected chi connectivity index (χ1v) is 12.7. The SMILES string of the molecule is CC/C(=N/NC(=O)c1ccc([C@H]2SCC(=O)N2Cc2ccccc2)cc1)c1ccc(OC)c(OC)c1. The van der Waals surface area contributed by atoms with Gasteiger partial charge in [0.05, 0.1) is 25.7 Å². The third-order valence-corrected chi connectivity index (χ3v) is 7.22. The largest absolute Gasteiger partial charge is 0.493 e. The summed E-state index contributed by atoms with van der Waals surface area (Å²) in [6, 6.07) is 22.8. The van der Waals surface area contributed by atoms with Crippen molar-refractivity contribution in [1.29, 1.82) is 0 Å². The number of hydrogen-bond donors (Lipinski definition) is 1. The van der Waals surface area contributed by atoms with E-state index in [-0.39, 0.29) is 17.2 Å². The molecule has 1 saturated heterocycles. The van der Waals surface area contributed by atoms with Gasteiger partial charge in [-0.3, -0.25) is 9.59 Å². The van der Waals surface area contributed by atoms with Crippen molar-refractivity contribution in [3.05, 3.63) is 95.1 Å². The normalized spacial score (nSPS) is 15.6. The lowest BCUT2D eigenvalue weighted by atomic mass is 10.1. The highest BCUT2D eigenvalue weighted by Crippen LogP contribution is 2.39. The second-order valence-electron chi connectivity index (χ2n) is 8.22. The molecule has 2 amide bonds. The zero-order chi connectivity index (χ0) is 25.5. The van der Waals surface area contributed by atoms with Gasteiger partial charge >= 0.3 is 0 Å². The topological polar surface area (TPSA) is 80.2 Å². The van der Waals surface area contributed by atoms with Gasteiger partial charge in [-0.2, -0.15) is 5.10 Å². The summed E-state index contributed by atoms with van der Waals surface area (Å²) < 4.78 is 10.7. The molecule has 3 aromatic rings. The van der Waals surface area contributed by atoms with Crippen molar-refractivity contribution in [1.82, 2.24) is 10.3 Å². The number of carbonyl (C=O) groups excluding carboxylic acids is 2. The fraction of sp³-hybridized carbons (Fsp3) is 0.250. The molecule has 3 aromatic carbocycles. The molecule has 8 heteroatoms. The van der Waals surface area contributed by atoms with Gasteiger partial charge in [0.15, 0.2) is 11.5 Å². The number of carbonyl (C=O) groups is 2. The zero-order valence-electron chi connectivity index (χ0n) is 20.6. The van der Waals surface area contributed by atoms with Crippen LogP contribution in [0.15, 0.2) is 77.9 Å². The van der Waals surface area contributed by atoms with Gasteiger partial charge in [0.25, 0.3) is 5.91 Å². The lowest BCUT2D eigenvalue weighted by Crippen LogP contribution is -2.27. The number of amides is 2. The summed E-state index contributed by atoms with van der Waals surface area (Å²) in [5, 5.41) is 4.27. The Hall–Kier alpha value is -3.78. The molecule has 0 radical (unpaired) electrons. The summed E-state index contributed by atoms with van der Waals surface area (Å²) in [4.78, 5) is 27.2. The molecule has 186 valence electrons. The number of hydrazone groups is 1. The first kappa shape index (κ1) is 25.3. The quantitative estimate of drug-likeness (QED) is 0.328. The van der Waals surface area contributed by atoms with Crippen molar-refractivity contribution in [3.63, 3.8) is 0 Å². The molecule has 0 unspecified atom stereocenters. The van der Waals surface area contributed by atoms with Crippen molar-refractivity contribution >= 4 is 29.3 Å². The van der Waals surface area contributed by atoms with Gasteiger partial charge in [-0.05, 0) is 47.9 Å². The molecular formula is C28H29N3O4S. The first-order chi connectivity index (χ1) is 17.5. The van der Waals surface area contributed by atoms with Crippen molar-refractivity contribution < 1.29 is 19.1 Å². The maximum absolute atomic E-state index is 12.8. The van der Waals surface area contributed by atoms with Crippen LogP contribution in [-0.2, 0) is 11.3 Å². The molecule has 1 atom stereocenters. The fourth-order valence-corrected chi connectivity index (χ4v) is 5.21. The Labute approximate surface area is 215 Å². The van der Waals surface area contributed by atoms with Crippen LogP contribution in [0, 0.1) is 0 Å². The van der Waals surface area contributed by atoms with Gasteiger partial charge in [0, 0.05) is 17.7 Å². The average Bonchev–Trinajstić information content (AvgIpc) is 3.29. The monoisotopic (exact) mass is 503 g/mol. The molecule has 7 nitrogen and oxygen atoms in total. The summed E-state index contributed by atoms with van der Waals surface area (Å²) >= 11 is 1.60. The maximum atomic E-state index is 12.8. The maximum Gasteiger partial charge on any atom is 0.271 e. The third-order valence-electron chi connectivity index (χ3n) is 5.97. The van der Waals surface area contributed by atoms with E-state index in [2.05, 4.69) is 10.5 Å². The number of ether oxygens (including phenoxy) is 2. The summed E-state index contributed by atoms with van der Waals surface area (Å²) in [6.07, 6.45) is 0.624. The van der Waals surface area contributed by atoms with Crippen LogP contribution in [0.5, 0.6) is 11.5 Å². The number of methoxy groups -OCH3 is 2. The highest BCUT2D eigenvalue weighted by atomic mass is 32.2. The van der Waals surface area contributed by atoms with E-state index in [0.717, 1.165) is 22.4 Å². The standard InChI is InChI=1S/C28H29N3O4S/c1-4-23(22-14-15-24(34-2)25(16-22)35-3)29-30-27(33)20-10-12-21(13-11-20)28-31(26(32)18-36-28)17-19-8-6-5-7-9-19/h5-16,28H,4,17-18H2,1-3H3,(H,30,33)/b29-23-/t28-/m1/s1. The fourth-order valence-electron chi connectivity index (χ4n) is 4.03. The number of rotatable bonds is 9. The minimum absolute atomic E-state index is 0.0791. The summed E-state index contributed by atoms with van der Waals surface area (Å²) in [5.74, 6) is 1.49. The molecule has 0 spiro atoms. The third kappa shape index (κ3) is 5.71. The Balaban J connectivity index is 1.45. The van der Waals surface area contributed by atoms with Crippen molar-refractivity contribution in [2.45, 2.75) is 25.3 Å². The second kappa shape index (κ2) is 11.8. The van der Waals surface area contributed by atoms with Gasteiger partial charge in [0.2, 0.25) is 5.91 Å². The number of benzene rings is 3. The number of nitrogens with zero attached hydrogens (tertiary/aromatic N) is 2. The molecular weight excluding hydrogens is 474 g/mol. The highest BCUT2D eigenvalue weighted by molar-refractivity contribution is 8.00. The van der Waals surface area contributed by atoms with Gasteiger partial charge in [-0.25, -0.2) is 5.43 Å². The van der Waals surface area contributed by atoms with Crippen LogP contribution >= 0.6 is 11.8 Å². The first-order valence-electron chi connectivity index (χ1n) is 11.7. The number of thioether (sulfide) groups is 1. The van der Waals surface area contributed by atoms with Crippen LogP contribution < -0.4 is 14.9 Å². The van der Waals surface area contributed by atoms with E-state index < -0.39 is 0 Å². The predicted molar refractivity (Wildman–Crippen MR) is 142 cm³/mol. The molecule has 4 rings (SSSR count). The Morgan fingerprint density at radius 1 is 1.00 bits per heavy atom. The molecule has 0 bridgehead atoms. The molecule has 0 aliphatic carbocycles. The molecule has 1 aliphatic rings. The summed E-state index contributed by atoms with van der Waals surface area (Å²) in [6.45, 7) is 2.53. The van der Waals surface area contributed by atoms with Crippen molar-refractivity contribution in [2.24, 2.45) is 5.10 Å². The average molecular weight is 504 g/mol. The Bertz CT molecular complexity index is 1250. The summed E-state index contributed by atoms with van der Waals surface area (Å²) in [7, 11) is 3.17. The van der Waals surface area contributed by atoms with Crippen LogP contribution in [-0.4, -0.2) is 42.4 Å². The smallest absolute Gasteiger partial charge is 0.271 e. The van der Waals surface area contributed by atoms with Crippen LogP contribution in [0.2, 0.25) is 0 Å². The van der Waals surface area contributed by atoms with Crippen LogP contribution in [0.3, 0.4) is 0 Å². The van der Waals surface area contributed by atoms with E-state index in [1.165, 1.54) is 0 Å². The molecule has 0 aromatic heterocycles. The van der Waals surface area contributed by atoms with E-state index in [9.17, 15) is 9.59 Å². The van der Waals surface area contributed by atoms with E-state index >= 15 is 0 Å². The second-order valence-corrected chi connectivity index (χ2v) is 9.28.